The number of imidazole rings is 1. The van der Waals surface area contributed by atoms with Crippen molar-refractivity contribution >= 4 is 40.7 Å². The van der Waals surface area contributed by atoms with Gasteiger partial charge >= 0.3 is 0 Å². The Hall–Kier alpha value is -3.13. The highest BCUT2D eigenvalue weighted by molar-refractivity contribution is 6.34. The molecule has 2 amide bonds. The number of fused-ring (bicyclic) bond motifs is 1. The van der Waals surface area contributed by atoms with E-state index in [1.807, 2.05) is 17.0 Å². The molecular formula is C19H19ClN6O2. The highest BCUT2D eigenvalue weighted by atomic mass is 35.5. The summed E-state index contributed by atoms with van der Waals surface area (Å²) in [4.78, 5) is 30.3. The Bertz CT molecular complexity index is 1050. The second-order valence-corrected chi connectivity index (χ2v) is 7.15. The van der Waals surface area contributed by atoms with Gasteiger partial charge in [0, 0.05) is 13.1 Å². The number of rotatable bonds is 4. The molecule has 0 aliphatic carbocycles. The second-order valence-electron chi connectivity index (χ2n) is 6.74. The Kier molecular flexibility index (Phi) is 4.87. The molecule has 144 valence electrons. The normalized spacial score (nSPS) is 16.9. The van der Waals surface area contributed by atoms with Crippen molar-refractivity contribution in [3.8, 4) is 0 Å². The van der Waals surface area contributed by atoms with Crippen molar-refractivity contribution < 1.29 is 9.59 Å². The minimum Gasteiger partial charge on any atom is -0.369 e. The number of anilines is 2. The number of carbonyl (C=O) groups is 2. The third-order valence-corrected chi connectivity index (χ3v) is 5.14. The fourth-order valence-corrected chi connectivity index (χ4v) is 3.57. The molecule has 4 rings (SSSR count). The van der Waals surface area contributed by atoms with Crippen molar-refractivity contribution in [3.05, 3.63) is 53.2 Å². The van der Waals surface area contributed by atoms with Crippen LogP contribution in [0.15, 0.2) is 42.6 Å². The number of benzene rings is 1. The summed E-state index contributed by atoms with van der Waals surface area (Å²) in [5.41, 5.74) is 6.43. The molecule has 1 unspecified atom stereocenters. The van der Waals surface area contributed by atoms with Crippen LogP contribution in [-0.4, -0.2) is 39.5 Å². The zero-order valence-electron chi connectivity index (χ0n) is 15.0. The quantitative estimate of drug-likeness (QED) is 0.701. The first-order chi connectivity index (χ1) is 13.5. The number of hydrogen-bond acceptors (Lipinski definition) is 5. The summed E-state index contributed by atoms with van der Waals surface area (Å²) in [6.45, 7) is 1.37. The number of nitrogens with one attached hydrogen (secondary N) is 1. The monoisotopic (exact) mass is 398 g/mol. The predicted molar refractivity (Wildman–Crippen MR) is 107 cm³/mol. The summed E-state index contributed by atoms with van der Waals surface area (Å²) in [5.74, 6) is 0.329. The predicted octanol–water partition coefficient (Wildman–Crippen LogP) is 2.34. The molecule has 0 spiro atoms. The van der Waals surface area contributed by atoms with E-state index < -0.39 is 0 Å². The minimum atomic E-state index is -0.338. The average Bonchev–Trinajstić information content (AvgIpc) is 3.09. The van der Waals surface area contributed by atoms with Crippen molar-refractivity contribution in [2.24, 2.45) is 11.7 Å². The first-order valence-corrected chi connectivity index (χ1v) is 9.35. The van der Waals surface area contributed by atoms with Crippen LogP contribution in [0.3, 0.4) is 0 Å². The lowest BCUT2D eigenvalue weighted by Crippen LogP contribution is -2.41. The molecule has 0 radical (unpaired) electrons. The van der Waals surface area contributed by atoms with E-state index in [4.69, 9.17) is 17.3 Å². The molecule has 3 heterocycles. The number of halogens is 1. The van der Waals surface area contributed by atoms with E-state index in [2.05, 4.69) is 15.4 Å². The molecule has 3 aromatic rings. The van der Waals surface area contributed by atoms with E-state index in [-0.39, 0.29) is 17.7 Å². The molecule has 1 aromatic carbocycles. The maximum atomic E-state index is 12.4. The molecule has 9 heteroatoms. The summed E-state index contributed by atoms with van der Waals surface area (Å²) in [6.07, 6.45) is 3.33. The number of primary amides is 1. The Morgan fingerprint density at radius 2 is 2.04 bits per heavy atom. The first kappa shape index (κ1) is 18.2. The van der Waals surface area contributed by atoms with Crippen LogP contribution in [0.25, 0.3) is 5.65 Å². The fourth-order valence-electron chi connectivity index (χ4n) is 3.35. The van der Waals surface area contributed by atoms with E-state index in [0.29, 0.717) is 28.6 Å². The van der Waals surface area contributed by atoms with Gasteiger partial charge in [-0.15, -0.1) is 5.10 Å². The van der Waals surface area contributed by atoms with Crippen LogP contribution in [0.1, 0.15) is 23.2 Å². The lowest BCUT2D eigenvalue weighted by atomic mass is 9.97. The summed E-state index contributed by atoms with van der Waals surface area (Å²) < 4.78 is 1.60. The van der Waals surface area contributed by atoms with E-state index in [0.717, 1.165) is 25.2 Å². The second kappa shape index (κ2) is 7.47. The zero-order chi connectivity index (χ0) is 19.7. The number of nitrogens with zero attached hydrogens (tertiary/aromatic N) is 4. The topological polar surface area (TPSA) is 106 Å². The molecule has 1 aliphatic rings. The van der Waals surface area contributed by atoms with Crippen molar-refractivity contribution in [1.82, 2.24) is 14.6 Å². The van der Waals surface area contributed by atoms with E-state index in [1.54, 1.807) is 35.0 Å². The highest BCUT2D eigenvalue weighted by Gasteiger charge is 2.25. The maximum absolute atomic E-state index is 12.4. The molecule has 2 aromatic heterocycles. The van der Waals surface area contributed by atoms with Gasteiger partial charge in [-0.2, -0.15) is 0 Å². The molecular weight excluding hydrogens is 380 g/mol. The van der Waals surface area contributed by atoms with Gasteiger partial charge in [-0.25, -0.2) is 9.50 Å². The summed E-state index contributed by atoms with van der Waals surface area (Å²) in [5, 5.41) is 7.67. The highest BCUT2D eigenvalue weighted by Crippen LogP contribution is 2.22. The van der Waals surface area contributed by atoms with Crippen LogP contribution in [0.4, 0.5) is 11.6 Å². The fraction of sp³-hybridized carbons (Fsp3) is 0.263. The smallest absolute Gasteiger partial charge is 0.258 e. The Morgan fingerprint density at radius 3 is 2.82 bits per heavy atom. The van der Waals surface area contributed by atoms with Gasteiger partial charge in [0.1, 0.15) is 5.82 Å². The van der Waals surface area contributed by atoms with Crippen LogP contribution < -0.4 is 16.0 Å². The van der Waals surface area contributed by atoms with Crippen LogP contribution in [-0.2, 0) is 4.79 Å². The molecule has 1 saturated heterocycles. The molecule has 28 heavy (non-hydrogen) atoms. The number of nitrogens with two attached hydrogens (primary N) is 1. The van der Waals surface area contributed by atoms with Gasteiger partial charge in [-0.3, -0.25) is 9.59 Å². The lowest BCUT2D eigenvalue weighted by molar-refractivity contribution is -0.122. The molecule has 1 fully saturated rings. The molecule has 0 saturated carbocycles. The third kappa shape index (κ3) is 3.63. The van der Waals surface area contributed by atoms with Crippen molar-refractivity contribution in [2.75, 3.05) is 23.3 Å². The Balaban J connectivity index is 1.54. The average molecular weight is 399 g/mol. The van der Waals surface area contributed by atoms with Crippen molar-refractivity contribution in [3.63, 3.8) is 0 Å². The number of amides is 2. The first-order valence-electron chi connectivity index (χ1n) is 8.98. The van der Waals surface area contributed by atoms with Gasteiger partial charge < -0.3 is 16.0 Å². The van der Waals surface area contributed by atoms with Gasteiger partial charge in [0.25, 0.3) is 5.91 Å². The van der Waals surface area contributed by atoms with Gasteiger partial charge in [0.2, 0.25) is 5.91 Å². The molecule has 1 atom stereocenters. The summed E-state index contributed by atoms with van der Waals surface area (Å²) >= 11 is 6.07. The lowest BCUT2D eigenvalue weighted by Gasteiger charge is -2.31. The van der Waals surface area contributed by atoms with Crippen LogP contribution in [0, 0.1) is 5.92 Å². The van der Waals surface area contributed by atoms with E-state index in [1.165, 1.54) is 0 Å². The molecule has 1 aliphatic heterocycles. The Morgan fingerprint density at radius 1 is 1.21 bits per heavy atom. The van der Waals surface area contributed by atoms with Gasteiger partial charge in [-0.1, -0.05) is 23.7 Å². The SMILES string of the molecule is NC(=O)C1CCCN(c2ccc3nc(NC(=O)c4ccccc4Cl)cn3n2)C1. The maximum Gasteiger partial charge on any atom is 0.258 e. The molecule has 8 nitrogen and oxygen atoms in total. The number of aromatic nitrogens is 3. The zero-order valence-corrected chi connectivity index (χ0v) is 15.8. The van der Waals surface area contributed by atoms with Crippen molar-refractivity contribution in [2.45, 2.75) is 12.8 Å². The Labute approximate surface area is 166 Å². The molecule has 0 bridgehead atoms. The van der Waals surface area contributed by atoms with Gasteiger partial charge in [0.15, 0.2) is 11.5 Å². The van der Waals surface area contributed by atoms with Crippen LogP contribution in [0.5, 0.6) is 0 Å². The number of piperidine rings is 1. The van der Waals surface area contributed by atoms with Gasteiger partial charge in [-0.05, 0) is 37.1 Å². The van der Waals surface area contributed by atoms with Crippen molar-refractivity contribution in [1.29, 1.82) is 0 Å². The third-order valence-electron chi connectivity index (χ3n) is 4.81. The summed E-state index contributed by atoms with van der Waals surface area (Å²) in [7, 11) is 0. The minimum absolute atomic E-state index is 0.167. The van der Waals surface area contributed by atoms with E-state index >= 15 is 0 Å². The number of hydrogen-bond donors (Lipinski definition) is 2. The number of carbonyl (C=O) groups excluding carboxylic acids is 2. The van der Waals surface area contributed by atoms with Gasteiger partial charge in [0.05, 0.1) is 22.7 Å². The molecule has 3 N–H and O–H groups in total. The van der Waals surface area contributed by atoms with E-state index in [9.17, 15) is 9.59 Å². The van der Waals surface area contributed by atoms with Crippen LogP contribution >= 0.6 is 11.6 Å². The summed E-state index contributed by atoms with van der Waals surface area (Å²) in [6, 6.07) is 10.5. The van der Waals surface area contributed by atoms with Crippen LogP contribution in [0.2, 0.25) is 5.02 Å². The largest absolute Gasteiger partial charge is 0.369 e. The standard InChI is InChI=1S/C19H19ClN6O2/c20-14-6-2-1-5-13(14)19(28)23-15-11-26-16(22-15)7-8-17(24-26)25-9-3-4-12(10-25)18(21)27/h1-2,5-8,11-12H,3-4,9-10H2,(H2,21,27)(H,23,28).